The lowest BCUT2D eigenvalue weighted by atomic mass is 10.1. The highest BCUT2D eigenvalue weighted by Crippen LogP contribution is 2.42. The molecule has 0 aliphatic carbocycles. The summed E-state index contributed by atoms with van der Waals surface area (Å²) in [6.45, 7) is 5.22. The minimum absolute atomic E-state index is 0.0382. The molecule has 1 aliphatic heterocycles. The van der Waals surface area contributed by atoms with Crippen molar-refractivity contribution in [2.45, 2.75) is 30.9 Å². The summed E-state index contributed by atoms with van der Waals surface area (Å²) >= 11 is 1.68. The van der Waals surface area contributed by atoms with E-state index >= 15 is 0 Å². The zero-order chi connectivity index (χ0) is 18.7. The molecule has 2 amide bonds. The van der Waals surface area contributed by atoms with Crippen molar-refractivity contribution in [2.75, 3.05) is 20.1 Å². The Bertz CT molecular complexity index is 758. The van der Waals surface area contributed by atoms with Gasteiger partial charge in [0.15, 0.2) is 5.76 Å². The largest absolute Gasteiger partial charge is 0.459 e. The average Bonchev–Trinajstić information content (AvgIpc) is 3.26. The number of benzene rings is 1. The van der Waals surface area contributed by atoms with Gasteiger partial charge in [-0.25, -0.2) is 0 Å². The lowest BCUT2D eigenvalue weighted by Crippen LogP contribution is -2.34. The molecular weight excluding hydrogens is 348 g/mol. The number of hydrogen-bond donors (Lipinski definition) is 0. The van der Waals surface area contributed by atoms with E-state index in [9.17, 15) is 9.59 Å². The smallest absolute Gasteiger partial charge is 0.289 e. The molecule has 26 heavy (non-hydrogen) atoms. The second kappa shape index (κ2) is 7.99. The van der Waals surface area contributed by atoms with Gasteiger partial charge >= 0.3 is 0 Å². The molecule has 0 radical (unpaired) electrons. The van der Waals surface area contributed by atoms with E-state index in [2.05, 4.69) is 31.2 Å². The molecule has 0 N–H and O–H groups in total. The zero-order valence-corrected chi connectivity index (χ0v) is 16.2. The third kappa shape index (κ3) is 3.96. The van der Waals surface area contributed by atoms with Crippen molar-refractivity contribution in [3.05, 3.63) is 59.5 Å². The molecule has 1 fully saturated rings. The first-order chi connectivity index (χ1) is 12.5. The zero-order valence-electron chi connectivity index (χ0n) is 15.3. The molecule has 2 heterocycles. The number of nitrogens with zero attached hydrogens (tertiary/aromatic N) is 2. The average molecular weight is 372 g/mol. The maximum atomic E-state index is 12.6. The van der Waals surface area contributed by atoms with Gasteiger partial charge in [-0.1, -0.05) is 29.8 Å². The molecule has 2 atom stereocenters. The molecule has 1 saturated heterocycles. The van der Waals surface area contributed by atoms with Gasteiger partial charge in [-0.05, 0) is 38.0 Å². The molecule has 138 valence electrons. The summed E-state index contributed by atoms with van der Waals surface area (Å²) in [7, 11) is 1.76. The Morgan fingerprint density at radius 3 is 2.65 bits per heavy atom. The molecule has 1 aromatic carbocycles. The van der Waals surface area contributed by atoms with Crippen LogP contribution in [-0.4, -0.2) is 47.0 Å². The van der Waals surface area contributed by atoms with E-state index in [0.29, 0.717) is 18.8 Å². The van der Waals surface area contributed by atoms with Gasteiger partial charge in [-0.2, -0.15) is 0 Å². The van der Waals surface area contributed by atoms with Crippen LogP contribution in [0.25, 0.3) is 0 Å². The lowest BCUT2D eigenvalue weighted by molar-refractivity contribution is -0.129. The number of carbonyl (C=O) groups is 2. The van der Waals surface area contributed by atoms with E-state index in [1.165, 1.54) is 11.8 Å². The summed E-state index contributed by atoms with van der Waals surface area (Å²) in [5.41, 5.74) is 2.36. The van der Waals surface area contributed by atoms with Crippen LogP contribution in [0.5, 0.6) is 0 Å². The second-order valence-electron chi connectivity index (χ2n) is 6.63. The highest BCUT2D eigenvalue weighted by Gasteiger charge is 2.38. The summed E-state index contributed by atoms with van der Waals surface area (Å²) in [6.07, 6.45) is 2.22. The fourth-order valence-corrected chi connectivity index (χ4v) is 4.37. The summed E-state index contributed by atoms with van der Waals surface area (Å²) in [5.74, 6) is 0.368. The van der Waals surface area contributed by atoms with E-state index in [-0.39, 0.29) is 22.4 Å². The topological polar surface area (TPSA) is 53.8 Å². The first-order valence-corrected chi connectivity index (χ1v) is 9.73. The Kier molecular flexibility index (Phi) is 5.71. The van der Waals surface area contributed by atoms with Gasteiger partial charge < -0.3 is 14.2 Å². The van der Waals surface area contributed by atoms with Crippen LogP contribution in [0.1, 0.15) is 40.4 Å². The van der Waals surface area contributed by atoms with Crippen LogP contribution in [-0.2, 0) is 4.79 Å². The standard InChI is InChI=1S/C20H24N2O3S/c1-14-7-9-16(10-8-14)20-22(18(23)15(2)26-20)12-5-11-21(3)19(24)17-6-4-13-25-17/h4,6-10,13,15,20H,5,11-12H2,1-3H3. The Hall–Kier alpha value is -2.21. The molecule has 1 aliphatic rings. The van der Waals surface area contributed by atoms with Crippen molar-refractivity contribution < 1.29 is 14.0 Å². The van der Waals surface area contributed by atoms with Gasteiger partial charge in [-0.15, -0.1) is 11.8 Å². The minimum atomic E-state index is -0.138. The van der Waals surface area contributed by atoms with Crippen LogP contribution in [0.2, 0.25) is 0 Å². The number of amides is 2. The summed E-state index contributed by atoms with van der Waals surface area (Å²) in [4.78, 5) is 28.3. The van der Waals surface area contributed by atoms with Gasteiger partial charge in [0, 0.05) is 20.1 Å². The molecular formula is C20H24N2O3S. The van der Waals surface area contributed by atoms with E-state index < -0.39 is 0 Å². The fraction of sp³-hybridized carbons (Fsp3) is 0.400. The Balaban J connectivity index is 1.60. The number of furan rings is 1. The maximum Gasteiger partial charge on any atom is 0.289 e. The lowest BCUT2D eigenvalue weighted by Gasteiger charge is -2.25. The van der Waals surface area contributed by atoms with E-state index in [0.717, 1.165) is 12.0 Å². The van der Waals surface area contributed by atoms with Crippen LogP contribution < -0.4 is 0 Å². The number of carbonyl (C=O) groups excluding carboxylic acids is 2. The highest BCUT2D eigenvalue weighted by atomic mass is 32.2. The second-order valence-corrected chi connectivity index (χ2v) is 8.06. The van der Waals surface area contributed by atoms with Gasteiger partial charge in [0.25, 0.3) is 5.91 Å². The molecule has 5 nitrogen and oxygen atoms in total. The highest BCUT2D eigenvalue weighted by molar-refractivity contribution is 8.01. The van der Waals surface area contributed by atoms with Gasteiger partial charge in [0.2, 0.25) is 5.91 Å². The predicted octanol–water partition coefficient (Wildman–Crippen LogP) is 3.71. The van der Waals surface area contributed by atoms with Gasteiger partial charge in [0.05, 0.1) is 11.5 Å². The van der Waals surface area contributed by atoms with Crippen LogP contribution in [0.3, 0.4) is 0 Å². The summed E-state index contributed by atoms with van der Waals surface area (Å²) < 4.78 is 5.15. The Labute approximate surface area is 158 Å². The van der Waals surface area contributed by atoms with Crippen molar-refractivity contribution in [1.82, 2.24) is 9.80 Å². The first-order valence-electron chi connectivity index (χ1n) is 8.79. The van der Waals surface area contributed by atoms with E-state index in [1.807, 2.05) is 11.8 Å². The third-order valence-electron chi connectivity index (χ3n) is 4.58. The molecule has 2 unspecified atom stereocenters. The van der Waals surface area contributed by atoms with Crippen LogP contribution in [0, 0.1) is 6.92 Å². The number of thioether (sulfide) groups is 1. The van der Waals surface area contributed by atoms with Crippen molar-refractivity contribution in [3.8, 4) is 0 Å². The molecule has 0 saturated carbocycles. The van der Waals surface area contributed by atoms with Gasteiger partial charge in [0.1, 0.15) is 5.37 Å². The number of hydrogen-bond acceptors (Lipinski definition) is 4. The third-order valence-corrected chi connectivity index (χ3v) is 5.97. The van der Waals surface area contributed by atoms with Crippen molar-refractivity contribution >= 4 is 23.6 Å². The number of aryl methyl sites for hydroxylation is 1. The number of rotatable bonds is 6. The molecule has 1 aromatic heterocycles. The minimum Gasteiger partial charge on any atom is -0.459 e. The van der Waals surface area contributed by atoms with Gasteiger partial charge in [-0.3, -0.25) is 9.59 Å². The first kappa shape index (κ1) is 18.6. The van der Waals surface area contributed by atoms with Crippen molar-refractivity contribution in [2.24, 2.45) is 0 Å². The predicted molar refractivity (Wildman–Crippen MR) is 103 cm³/mol. The summed E-state index contributed by atoms with van der Waals surface area (Å²) in [5, 5.41) is 0.00737. The van der Waals surface area contributed by atoms with E-state index in [1.54, 1.807) is 35.8 Å². The molecule has 6 heteroatoms. The summed E-state index contributed by atoms with van der Waals surface area (Å²) in [6, 6.07) is 11.7. The monoisotopic (exact) mass is 372 g/mol. The van der Waals surface area contributed by atoms with Crippen molar-refractivity contribution in [3.63, 3.8) is 0 Å². The van der Waals surface area contributed by atoms with Crippen LogP contribution in [0.4, 0.5) is 0 Å². The van der Waals surface area contributed by atoms with Crippen molar-refractivity contribution in [1.29, 1.82) is 0 Å². The molecule has 3 rings (SSSR count). The normalized spacial score (nSPS) is 19.8. The molecule has 0 spiro atoms. The van der Waals surface area contributed by atoms with Crippen LogP contribution >= 0.6 is 11.8 Å². The molecule has 0 bridgehead atoms. The maximum absolute atomic E-state index is 12.6. The Morgan fingerprint density at radius 2 is 2.00 bits per heavy atom. The Morgan fingerprint density at radius 1 is 1.27 bits per heavy atom. The fourth-order valence-electron chi connectivity index (χ4n) is 3.06. The molecule has 2 aromatic rings. The SMILES string of the molecule is Cc1ccc(C2SC(C)C(=O)N2CCCN(C)C(=O)c2ccco2)cc1. The van der Waals surface area contributed by atoms with Crippen LogP contribution in [0.15, 0.2) is 47.1 Å². The van der Waals surface area contributed by atoms with E-state index in [4.69, 9.17) is 4.42 Å². The quantitative estimate of drug-likeness (QED) is 0.776.